The lowest BCUT2D eigenvalue weighted by Gasteiger charge is -2.26. The maximum absolute atomic E-state index is 12.1. The number of ether oxygens (including phenoxy) is 2. The van der Waals surface area contributed by atoms with Crippen LogP contribution in [0, 0.1) is 0 Å². The van der Waals surface area contributed by atoms with Crippen LogP contribution in [0.1, 0.15) is 0 Å². The third kappa shape index (κ3) is 3.26. The van der Waals surface area contributed by atoms with Crippen LogP contribution in [0.15, 0.2) is 54.9 Å². The zero-order chi connectivity index (χ0) is 22.2. The molecule has 0 radical (unpaired) electrons. The molecule has 2 aromatic carbocycles. The number of nitrogens with one attached hydrogen (secondary N) is 1. The van der Waals surface area contributed by atoms with Crippen molar-refractivity contribution in [3.05, 3.63) is 54.9 Å². The van der Waals surface area contributed by atoms with E-state index in [1.807, 2.05) is 49.5 Å². The Morgan fingerprint density at radius 2 is 1.97 bits per heavy atom. The first-order chi connectivity index (χ1) is 15.6. The second-order valence-corrected chi connectivity index (χ2v) is 7.39. The van der Waals surface area contributed by atoms with E-state index in [9.17, 15) is 4.79 Å². The molecule has 8 heteroatoms. The zero-order valence-corrected chi connectivity index (χ0v) is 17.9. The highest BCUT2D eigenvalue weighted by molar-refractivity contribution is 6.00. The summed E-state index contributed by atoms with van der Waals surface area (Å²) in [6.07, 6.45) is 3.44. The lowest BCUT2D eigenvalue weighted by molar-refractivity contribution is -0.120. The normalized spacial score (nSPS) is 13.0. The Morgan fingerprint density at radius 1 is 1.09 bits per heavy atom. The number of rotatable bonds is 4. The predicted molar refractivity (Wildman–Crippen MR) is 123 cm³/mol. The Balaban J connectivity index is 1.69. The molecule has 0 atom stereocenters. The maximum Gasteiger partial charge on any atom is 0.264 e. The van der Waals surface area contributed by atoms with E-state index < -0.39 is 0 Å². The van der Waals surface area contributed by atoms with E-state index in [0.717, 1.165) is 27.8 Å². The van der Waals surface area contributed by atoms with Crippen LogP contribution in [-0.4, -0.2) is 48.7 Å². The van der Waals surface area contributed by atoms with Crippen molar-refractivity contribution < 1.29 is 14.3 Å². The van der Waals surface area contributed by atoms with E-state index in [0.29, 0.717) is 28.7 Å². The summed E-state index contributed by atoms with van der Waals surface area (Å²) in [6, 6.07) is 13.5. The number of carbonyl (C=O) groups is 1. The third-order valence-corrected chi connectivity index (χ3v) is 5.52. The van der Waals surface area contributed by atoms with Crippen LogP contribution in [0.25, 0.3) is 33.4 Å². The van der Waals surface area contributed by atoms with Crippen molar-refractivity contribution in [3.8, 4) is 34.0 Å². The lowest BCUT2D eigenvalue weighted by atomic mass is 10.0. The monoisotopic (exact) mass is 427 g/mol. The van der Waals surface area contributed by atoms with Gasteiger partial charge in [0.1, 0.15) is 22.8 Å². The minimum Gasteiger partial charge on any atom is -0.494 e. The average molecular weight is 427 g/mol. The number of pyridine rings is 1. The SMILES string of the molecule is CNc1nc(-c2cccnc2)nc2c(OC)cc(-c3ccc4c(c3)N(C)C(=O)CO4)cc12. The van der Waals surface area contributed by atoms with Gasteiger partial charge in [-0.2, -0.15) is 0 Å². The van der Waals surface area contributed by atoms with E-state index in [2.05, 4.69) is 10.3 Å². The van der Waals surface area contributed by atoms with E-state index in [1.165, 1.54) is 0 Å². The molecule has 8 nitrogen and oxygen atoms in total. The number of fused-ring (bicyclic) bond motifs is 2. The number of aromatic nitrogens is 3. The number of nitrogens with zero attached hydrogens (tertiary/aromatic N) is 4. The van der Waals surface area contributed by atoms with E-state index in [4.69, 9.17) is 19.4 Å². The summed E-state index contributed by atoms with van der Waals surface area (Å²) in [5.41, 5.74) is 4.09. The Labute approximate surface area is 184 Å². The number of benzene rings is 2. The summed E-state index contributed by atoms with van der Waals surface area (Å²) in [6.45, 7) is 0.0504. The minimum atomic E-state index is -0.0838. The molecule has 0 spiro atoms. The topological polar surface area (TPSA) is 89.5 Å². The van der Waals surface area contributed by atoms with Gasteiger partial charge in [-0.05, 0) is 47.5 Å². The van der Waals surface area contributed by atoms with Crippen LogP contribution >= 0.6 is 0 Å². The Bertz CT molecular complexity index is 1340. The smallest absolute Gasteiger partial charge is 0.264 e. The van der Waals surface area contributed by atoms with Crippen LogP contribution in [-0.2, 0) is 4.79 Å². The van der Waals surface area contributed by atoms with Crippen molar-refractivity contribution in [2.75, 3.05) is 38.0 Å². The fraction of sp³-hybridized carbons (Fsp3) is 0.167. The Morgan fingerprint density at radius 3 is 2.72 bits per heavy atom. The van der Waals surface area contributed by atoms with E-state index in [-0.39, 0.29) is 12.5 Å². The lowest BCUT2D eigenvalue weighted by Crippen LogP contribution is -2.35. The predicted octanol–water partition coefficient (Wildman–Crippen LogP) is 3.76. The number of anilines is 2. The van der Waals surface area contributed by atoms with Gasteiger partial charge in [0.15, 0.2) is 12.4 Å². The van der Waals surface area contributed by atoms with Crippen LogP contribution in [0.3, 0.4) is 0 Å². The third-order valence-electron chi connectivity index (χ3n) is 5.52. The molecule has 1 aliphatic rings. The number of hydrogen-bond acceptors (Lipinski definition) is 7. The van der Waals surface area contributed by atoms with Crippen LogP contribution in [0.5, 0.6) is 11.5 Å². The molecular formula is C24H21N5O3. The summed E-state index contributed by atoms with van der Waals surface area (Å²) in [7, 11) is 5.20. The van der Waals surface area contributed by atoms with Crippen molar-refractivity contribution in [2.45, 2.75) is 0 Å². The molecule has 5 rings (SSSR count). The molecule has 0 bridgehead atoms. The molecule has 0 unspecified atom stereocenters. The molecule has 0 fully saturated rings. The van der Waals surface area contributed by atoms with Gasteiger partial charge >= 0.3 is 0 Å². The molecule has 32 heavy (non-hydrogen) atoms. The van der Waals surface area contributed by atoms with Gasteiger partial charge in [-0.1, -0.05) is 6.07 Å². The molecule has 3 heterocycles. The Kier molecular flexibility index (Phi) is 4.82. The van der Waals surface area contributed by atoms with Crippen molar-refractivity contribution in [2.24, 2.45) is 0 Å². The molecule has 2 aromatic heterocycles. The van der Waals surface area contributed by atoms with Gasteiger partial charge in [0.2, 0.25) is 0 Å². The molecule has 160 valence electrons. The second-order valence-electron chi connectivity index (χ2n) is 7.39. The standard InChI is InChI=1S/C24H21N5O3/c1-25-24-17-9-16(14-6-7-19-18(10-14)29(2)21(30)13-32-19)11-20(31-3)22(17)27-23(28-24)15-5-4-8-26-12-15/h4-12H,13H2,1-3H3,(H,25,27,28). The van der Waals surface area contributed by atoms with Gasteiger partial charge in [-0.25, -0.2) is 9.97 Å². The summed E-state index contributed by atoms with van der Waals surface area (Å²) in [5, 5.41) is 4.00. The quantitative estimate of drug-likeness (QED) is 0.530. The van der Waals surface area contributed by atoms with Crippen molar-refractivity contribution >= 4 is 28.3 Å². The first kappa shape index (κ1) is 19.7. The molecule has 4 aromatic rings. The van der Waals surface area contributed by atoms with E-state index in [1.54, 1.807) is 31.5 Å². The molecule has 0 saturated carbocycles. The molecular weight excluding hydrogens is 406 g/mol. The summed E-state index contributed by atoms with van der Waals surface area (Å²) >= 11 is 0. The van der Waals surface area contributed by atoms with Crippen molar-refractivity contribution in [3.63, 3.8) is 0 Å². The average Bonchev–Trinajstić information content (AvgIpc) is 2.85. The number of amides is 1. The van der Waals surface area contributed by atoms with Gasteiger partial charge in [-0.15, -0.1) is 0 Å². The van der Waals surface area contributed by atoms with Gasteiger partial charge in [-0.3, -0.25) is 9.78 Å². The largest absolute Gasteiger partial charge is 0.494 e. The van der Waals surface area contributed by atoms with Gasteiger partial charge in [0.05, 0.1) is 12.8 Å². The zero-order valence-electron chi connectivity index (χ0n) is 17.9. The highest BCUT2D eigenvalue weighted by atomic mass is 16.5. The molecule has 1 amide bonds. The first-order valence-electron chi connectivity index (χ1n) is 10.1. The minimum absolute atomic E-state index is 0.0504. The highest BCUT2D eigenvalue weighted by Crippen LogP contribution is 2.39. The molecule has 1 aliphatic heterocycles. The van der Waals surface area contributed by atoms with Crippen LogP contribution < -0.4 is 19.7 Å². The summed E-state index contributed by atoms with van der Waals surface area (Å²) < 4.78 is 11.3. The maximum atomic E-state index is 12.1. The van der Waals surface area contributed by atoms with Crippen molar-refractivity contribution in [1.82, 2.24) is 15.0 Å². The van der Waals surface area contributed by atoms with Crippen molar-refractivity contribution in [1.29, 1.82) is 0 Å². The van der Waals surface area contributed by atoms with Crippen LogP contribution in [0.4, 0.5) is 11.5 Å². The van der Waals surface area contributed by atoms with Gasteiger partial charge < -0.3 is 19.7 Å². The van der Waals surface area contributed by atoms with Gasteiger partial charge in [0, 0.05) is 37.4 Å². The second kappa shape index (κ2) is 7.81. The number of carbonyl (C=O) groups excluding carboxylic acids is 1. The fourth-order valence-electron chi connectivity index (χ4n) is 3.79. The molecule has 0 aliphatic carbocycles. The fourth-order valence-corrected chi connectivity index (χ4v) is 3.79. The molecule has 1 N–H and O–H groups in total. The summed E-state index contributed by atoms with van der Waals surface area (Å²) in [5.74, 6) is 2.47. The highest BCUT2D eigenvalue weighted by Gasteiger charge is 2.23. The number of methoxy groups -OCH3 is 1. The van der Waals surface area contributed by atoms with Crippen LogP contribution in [0.2, 0.25) is 0 Å². The number of likely N-dealkylation sites (N-methyl/N-ethyl adjacent to an activating group) is 1. The van der Waals surface area contributed by atoms with Gasteiger partial charge in [0.25, 0.3) is 5.91 Å². The summed E-state index contributed by atoms with van der Waals surface area (Å²) in [4.78, 5) is 27.3. The Hall–Kier alpha value is -4.20. The number of hydrogen-bond donors (Lipinski definition) is 1. The molecule has 0 saturated heterocycles. The first-order valence-corrected chi connectivity index (χ1v) is 10.1. The van der Waals surface area contributed by atoms with E-state index >= 15 is 0 Å².